The molecule has 3 nitrogen and oxygen atoms in total. The fraction of sp³-hybridized carbons (Fsp3) is 0.312. The van der Waals surface area contributed by atoms with Crippen molar-refractivity contribution in [1.29, 1.82) is 0 Å². The number of ether oxygens (including phenoxy) is 1. The highest BCUT2D eigenvalue weighted by Crippen LogP contribution is 2.30. The van der Waals surface area contributed by atoms with Gasteiger partial charge in [0.25, 0.3) is 0 Å². The highest BCUT2D eigenvalue weighted by Gasteiger charge is 2.33. The molecule has 1 aromatic carbocycles. The summed E-state index contributed by atoms with van der Waals surface area (Å²) in [6.07, 6.45) is -3.58. The Balaban J connectivity index is 2.16. The average molecular weight is 310 g/mol. The van der Waals surface area contributed by atoms with E-state index in [0.717, 1.165) is 18.1 Å². The van der Waals surface area contributed by atoms with Crippen molar-refractivity contribution in [3.8, 4) is 5.88 Å². The van der Waals surface area contributed by atoms with Crippen LogP contribution in [0.3, 0.4) is 0 Å². The number of aromatic nitrogens is 1. The number of pyridine rings is 1. The molecule has 0 aliphatic heterocycles. The fourth-order valence-electron chi connectivity index (χ4n) is 1.93. The van der Waals surface area contributed by atoms with E-state index in [9.17, 15) is 13.2 Å². The number of rotatable bonds is 5. The minimum atomic E-state index is -4.51. The highest BCUT2D eigenvalue weighted by atomic mass is 19.4. The minimum Gasteiger partial charge on any atom is -0.473 e. The Kier molecular flexibility index (Phi) is 5.03. The van der Waals surface area contributed by atoms with Crippen LogP contribution in [0.2, 0.25) is 0 Å². The van der Waals surface area contributed by atoms with Gasteiger partial charge < -0.3 is 10.5 Å². The number of hydrogen-bond acceptors (Lipinski definition) is 3. The molecule has 1 aromatic heterocycles. The molecule has 0 saturated heterocycles. The van der Waals surface area contributed by atoms with E-state index in [2.05, 4.69) is 4.98 Å². The van der Waals surface area contributed by atoms with Crippen LogP contribution in [0.1, 0.15) is 29.3 Å². The maximum absolute atomic E-state index is 12.7. The molecule has 0 aliphatic carbocycles. The van der Waals surface area contributed by atoms with Crippen molar-refractivity contribution in [3.63, 3.8) is 0 Å². The normalized spacial score (nSPS) is 11.5. The van der Waals surface area contributed by atoms with E-state index in [1.807, 2.05) is 31.2 Å². The molecule has 22 heavy (non-hydrogen) atoms. The monoisotopic (exact) mass is 310 g/mol. The third kappa shape index (κ3) is 3.98. The van der Waals surface area contributed by atoms with Gasteiger partial charge in [0.05, 0.1) is 0 Å². The SMILES string of the molecule is CCc1ccc(COc2nc(C(F)(F)F)ccc2CN)cc1. The Bertz CT molecular complexity index is 624. The average Bonchev–Trinajstić information content (AvgIpc) is 2.52. The van der Waals surface area contributed by atoms with Crippen LogP contribution in [0, 0.1) is 0 Å². The molecule has 0 saturated carbocycles. The third-order valence-electron chi connectivity index (χ3n) is 3.26. The van der Waals surface area contributed by atoms with Crippen molar-refractivity contribution < 1.29 is 17.9 Å². The van der Waals surface area contributed by atoms with Crippen LogP contribution in [-0.4, -0.2) is 4.98 Å². The van der Waals surface area contributed by atoms with Crippen molar-refractivity contribution in [2.75, 3.05) is 0 Å². The highest BCUT2D eigenvalue weighted by molar-refractivity contribution is 5.30. The molecule has 0 unspecified atom stereocenters. The third-order valence-corrected chi connectivity index (χ3v) is 3.26. The van der Waals surface area contributed by atoms with Gasteiger partial charge >= 0.3 is 6.18 Å². The summed E-state index contributed by atoms with van der Waals surface area (Å²) in [6.45, 7) is 2.26. The first-order valence-electron chi connectivity index (χ1n) is 6.92. The number of halogens is 3. The lowest BCUT2D eigenvalue weighted by atomic mass is 10.1. The summed E-state index contributed by atoms with van der Waals surface area (Å²) < 4.78 is 43.5. The van der Waals surface area contributed by atoms with Gasteiger partial charge in [0.15, 0.2) is 0 Å². The number of nitrogens with zero attached hydrogens (tertiary/aromatic N) is 1. The number of hydrogen-bond donors (Lipinski definition) is 1. The van der Waals surface area contributed by atoms with E-state index < -0.39 is 11.9 Å². The van der Waals surface area contributed by atoms with Gasteiger partial charge in [-0.3, -0.25) is 0 Å². The predicted molar refractivity (Wildman–Crippen MR) is 77.3 cm³/mol. The topological polar surface area (TPSA) is 48.1 Å². The predicted octanol–water partition coefficient (Wildman–Crippen LogP) is 3.70. The Labute approximate surface area is 126 Å². The van der Waals surface area contributed by atoms with Crippen molar-refractivity contribution in [1.82, 2.24) is 4.98 Å². The molecule has 6 heteroatoms. The summed E-state index contributed by atoms with van der Waals surface area (Å²) in [6, 6.07) is 9.89. The molecule has 2 rings (SSSR count). The molecule has 0 atom stereocenters. The van der Waals surface area contributed by atoms with Crippen LogP contribution in [0.15, 0.2) is 36.4 Å². The van der Waals surface area contributed by atoms with Gasteiger partial charge in [-0.25, -0.2) is 4.98 Å². The summed E-state index contributed by atoms with van der Waals surface area (Å²) in [4.78, 5) is 3.54. The van der Waals surface area contributed by atoms with E-state index in [-0.39, 0.29) is 19.0 Å². The van der Waals surface area contributed by atoms with Crippen molar-refractivity contribution >= 4 is 0 Å². The molecule has 0 bridgehead atoms. The van der Waals surface area contributed by atoms with Gasteiger partial charge in [0, 0.05) is 12.1 Å². The van der Waals surface area contributed by atoms with E-state index in [0.29, 0.717) is 5.56 Å². The second kappa shape index (κ2) is 6.79. The zero-order chi connectivity index (χ0) is 16.2. The van der Waals surface area contributed by atoms with Crippen molar-refractivity contribution in [2.45, 2.75) is 32.7 Å². The van der Waals surface area contributed by atoms with Gasteiger partial charge in [0.1, 0.15) is 12.3 Å². The lowest BCUT2D eigenvalue weighted by Crippen LogP contribution is -2.12. The Morgan fingerprint density at radius 1 is 1.05 bits per heavy atom. The van der Waals surface area contributed by atoms with Gasteiger partial charge in [-0.2, -0.15) is 13.2 Å². The van der Waals surface area contributed by atoms with Crippen LogP contribution >= 0.6 is 0 Å². The molecule has 2 N–H and O–H groups in total. The Morgan fingerprint density at radius 3 is 2.23 bits per heavy atom. The largest absolute Gasteiger partial charge is 0.473 e. The van der Waals surface area contributed by atoms with Crippen molar-refractivity contribution in [2.24, 2.45) is 5.73 Å². The quantitative estimate of drug-likeness (QED) is 0.916. The summed E-state index contributed by atoms with van der Waals surface area (Å²) in [7, 11) is 0. The second-order valence-electron chi connectivity index (χ2n) is 4.82. The smallest absolute Gasteiger partial charge is 0.433 e. The summed E-state index contributed by atoms with van der Waals surface area (Å²) in [5, 5.41) is 0. The molecule has 0 amide bonds. The number of benzene rings is 1. The van der Waals surface area contributed by atoms with E-state index in [4.69, 9.17) is 10.5 Å². The summed E-state index contributed by atoms with van der Waals surface area (Å²) in [5.74, 6) is -0.0723. The molecule has 0 spiro atoms. The van der Waals surface area contributed by atoms with Gasteiger partial charge in [-0.05, 0) is 23.6 Å². The van der Waals surface area contributed by atoms with E-state index >= 15 is 0 Å². The first-order valence-corrected chi connectivity index (χ1v) is 6.92. The van der Waals surface area contributed by atoms with Crippen LogP contribution in [0.25, 0.3) is 0 Å². The van der Waals surface area contributed by atoms with Crippen molar-refractivity contribution in [3.05, 3.63) is 58.8 Å². The number of aryl methyl sites for hydroxylation is 1. The first-order chi connectivity index (χ1) is 10.4. The maximum atomic E-state index is 12.7. The van der Waals surface area contributed by atoms with Crippen LogP contribution in [0.5, 0.6) is 5.88 Å². The molecule has 1 heterocycles. The lowest BCUT2D eigenvalue weighted by molar-refractivity contribution is -0.141. The lowest BCUT2D eigenvalue weighted by Gasteiger charge is -2.13. The van der Waals surface area contributed by atoms with E-state index in [1.54, 1.807) is 0 Å². The van der Waals surface area contributed by atoms with Crippen LogP contribution in [0.4, 0.5) is 13.2 Å². The van der Waals surface area contributed by atoms with Gasteiger partial charge in [-0.1, -0.05) is 37.3 Å². The Morgan fingerprint density at radius 2 is 1.68 bits per heavy atom. The molecule has 0 radical (unpaired) electrons. The standard InChI is InChI=1S/C16H17F3N2O/c1-2-11-3-5-12(6-4-11)10-22-15-13(9-20)7-8-14(21-15)16(17,18)19/h3-8H,2,9-10,20H2,1H3. The molecular weight excluding hydrogens is 293 g/mol. The summed E-state index contributed by atoms with van der Waals surface area (Å²) >= 11 is 0. The van der Waals surface area contributed by atoms with E-state index in [1.165, 1.54) is 11.6 Å². The van der Waals surface area contributed by atoms with Crippen LogP contribution < -0.4 is 10.5 Å². The zero-order valence-electron chi connectivity index (χ0n) is 12.2. The number of nitrogens with two attached hydrogens (primary N) is 1. The fourth-order valence-corrected chi connectivity index (χ4v) is 1.93. The number of alkyl halides is 3. The summed E-state index contributed by atoms with van der Waals surface area (Å²) in [5.41, 5.74) is 7.02. The molecule has 0 aliphatic rings. The zero-order valence-corrected chi connectivity index (χ0v) is 12.2. The Hall–Kier alpha value is -2.08. The maximum Gasteiger partial charge on any atom is 0.433 e. The molecule has 0 fully saturated rings. The molecule has 2 aromatic rings. The minimum absolute atomic E-state index is 0.0647. The van der Waals surface area contributed by atoms with Gasteiger partial charge in [-0.15, -0.1) is 0 Å². The second-order valence-corrected chi connectivity index (χ2v) is 4.82. The van der Waals surface area contributed by atoms with Gasteiger partial charge in [0.2, 0.25) is 5.88 Å². The van der Waals surface area contributed by atoms with Crippen LogP contribution in [-0.2, 0) is 25.7 Å². The first kappa shape index (κ1) is 16.3. The molecule has 118 valence electrons. The molecular formula is C16H17F3N2O.